The highest BCUT2D eigenvalue weighted by molar-refractivity contribution is 5.92. The van der Waals surface area contributed by atoms with Crippen LogP contribution in [0.5, 0.6) is 0 Å². The number of carbonyl (C=O) groups excluding carboxylic acids is 1. The molecule has 4 heteroatoms. The summed E-state index contributed by atoms with van der Waals surface area (Å²) in [4.78, 5) is 14.7. The van der Waals surface area contributed by atoms with Crippen LogP contribution in [0.25, 0.3) is 0 Å². The summed E-state index contributed by atoms with van der Waals surface area (Å²) in [6.45, 7) is 3.65. The van der Waals surface area contributed by atoms with E-state index in [1.54, 1.807) is 0 Å². The van der Waals surface area contributed by atoms with Gasteiger partial charge in [0.05, 0.1) is 5.41 Å². The van der Waals surface area contributed by atoms with E-state index in [4.69, 9.17) is 5.73 Å². The molecule has 1 aromatic carbocycles. The largest absolute Gasteiger partial charge is 0.340 e. The van der Waals surface area contributed by atoms with Crippen LogP contribution in [0.2, 0.25) is 0 Å². The van der Waals surface area contributed by atoms with Crippen molar-refractivity contribution in [1.82, 2.24) is 4.90 Å². The van der Waals surface area contributed by atoms with Crippen molar-refractivity contribution in [3.05, 3.63) is 35.4 Å². The first-order valence-electron chi connectivity index (χ1n) is 6.74. The number of benzene rings is 1. The predicted molar refractivity (Wildman–Crippen MR) is 78.5 cm³/mol. The van der Waals surface area contributed by atoms with Crippen LogP contribution in [-0.4, -0.2) is 29.9 Å². The predicted octanol–water partition coefficient (Wildman–Crippen LogP) is 2.01. The number of hydrogen-bond donors (Lipinski definition) is 1. The van der Waals surface area contributed by atoms with Crippen molar-refractivity contribution in [1.29, 1.82) is 0 Å². The van der Waals surface area contributed by atoms with E-state index < -0.39 is 0 Å². The van der Waals surface area contributed by atoms with Crippen molar-refractivity contribution < 1.29 is 4.79 Å². The zero-order valence-corrected chi connectivity index (χ0v) is 12.1. The van der Waals surface area contributed by atoms with Crippen LogP contribution in [-0.2, 0) is 10.2 Å². The van der Waals surface area contributed by atoms with Crippen LogP contribution in [0.15, 0.2) is 24.3 Å². The Bertz CT molecular complexity index is 485. The maximum atomic E-state index is 12.7. The zero-order valence-electron chi connectivity index (χ0n) is 11.3. The Morgan fingerprint density at radius 1 is 1.37 bits per heavy atom. The molecule has 2 fully saturated rings. The molecule has 3 rings (SSSR count). The Morgan fingerprint density at radius 3 is 2.58 bits per heavy atom. The summed E-state index contributed by atoms with van der Waals surface area (Å²) in [6.07, 6.45) is 2.92. The molecule has 0 spiro atoms. The zero-order chi connectivity index (χ0) is 12.8. The molecule has 1 aliphatic heterocycles. The summed E-state index contributed by atoms with van der Waals surface area (Å²) in [7, 11) is 0. The van der Waals surface area contributed by atoms with Gasteiger partial charge in [-0.2, -0.15) is 0 Å². The molecule has 1 aromatic rings. The van der Waals surface area contributed by atoms with Crippen LogP contribution in [0.4, 0.5) is 0 Å². The number of rotatable bonds is 2. The minimum atomic E-state index is -0.227. The number of amides is 1. The lowest BCUT2D eigenvalue weighted by molar-refractivity contribution is -0.132. The smallest absolute Gasteiger partial charge is 0.233 e. The summed E-state index contributed by atoms with van der Waals surface area (Å²) in [5, 5.41) is 0. The van der Waals surface area contributed by atoms with E-state index in [9.17, 15) is 4.79 Å². The first-order valence-corrected chi connectivity index (χ1v) is 6.74. The van der Waals surface area contributed by atoms with Crippen molar-refractivity contribution >= 4 is 18.3 Å². The van der Waals surface area contributed by atoms with E-state index in [0.29, 0.717) is 5.91 Å². The van der Waals surface area contributed by atoms with E-state index in [2.05, 4.69) is 19.1 Å². The number of carbonyl (C=O) groups is 1. The van der Waals surface area contributed by atoms with Crippen LogP contribution in [0.1, 0.15) is 30.4 Å². The van der Waals surface area contributed by atoms with Crippen molar-refractivity contribution in [3.63, 3.8) is 0 Å². The van der Waals surface area contributed by atoms with Gasteiger partial charge >= 0.3 is 0 Å². The van der Waals surface area contributed by atoms with Gasteiger partial charge in [0.25, 0.3) is 0 Å². The molecular weight excluding hydrogens is 260 g/mol. The Labute approximate surface area is 120 Å². The van der Waals surface area contributed by atoms with E-state index in [1.165, 1.54) is 11.1 Å². The number of likely N-dealkylation sites (tertiary alicyclic amines) is 1. The van der Waals surface area contributed by atoms with Gasteiger partial charge in [0.1, 0.15) is 0 Å². The van der Waals surface area contributed by atoms with E-state index >= 15 is 0 Å². The SMILES string of the molecule is Cc1ccccc1C1(C(=O)N2CC[C@@H](N)C2)CC1.Cl. The van der Waals surface area contributed by atoms with Gasteiger partial charge in [-0.15, -0.1) is 12.4 Å². The third kappa shape index (κ3) is 2.37. The van der Waals surface area contributed by atoms with Crippen molar-refractivity contribution in [2.75, 3.05) is 13.1 Å². The molecule has 2 aliphatic rings. The summed E-state index contributed by atoms with van der Waals surface area (Å²) >= 11 is 0. The lowest BCUT2D eigenvalue weighted by Crippen LogP contribution is -2.39. The van der Waals surface area contributed by atoms with E-state index in [1.807, 2.05) is 17.0 Å². The molecule has 1 aliphatic carbocycles. The highest BCUT2D eigenvalue weighted by Gasteiger charge is 2.54. The minimum absolute atomic E-state index is 0. The average molecular weight is 281 g/mol. The molecular formula is C15H21ClN2O. The first kappa shape index (κ1) is 14.4. The fourth-order valence-electron chi connectivity index (χ4n) is 3.11. The highest BCUT2D eigenvalue weighted by atomic mass is 35.5. The number of hydrogen-bond acceptors (Lipinski definition) is 2. The normalized spacial score (nSPS) is 23.9. The molecule has 104 valence electrons. The van der Waals surface area contributed by atoms with Gasteiger partial charge in [0.15, 0.2) is 0 Å². The summed E-state index contributed by atoms with van der Waals surface area (Å²) in [6, 6.07) is 8.44. The Balaban J connectivity index is 0.00000133. The number of nitrogens with two attached hydrogens (primary N) is 1. The van der Waals surface area contributed by atoms with Gasteiger partial charge in [0.2, 0.25) is 5.91 Å². The van der Waals surface area contributed by atoms with Gasteiger partial charge in [0, 0.05) is 19.1 Å². The number of halogens is 1. The van der Waals surface area contributed by atoms with Crippen LogP contribution >= 0.6 is 12.4 Å². The standard InChI is InChI=1S/C15H20N2O.ClH/c1-11-4-2-3-5-13(11)15(7-8-15)14(18)17-9-6-12(16)10-17;/h2-5,12H,6-10,16H2,1H3;1H/t12-;/m1./s1. The highest BCUT2D eigenvalue weighted by Crippen LogP contribution is 2.50. The molecule has 2 N–H and O–H groups in total. The minimum Gasteiger partial charge on any atom is -0.340 e. The number of aryl methyl sites for hydroxylation is 1. The van der Waals surface area contributed by atoms with Gasteiger partial charge < -0.3 is 10.6 Å². The van der Waals surface area contributed by atoms with Crippen LogP contribution in [0, 0.1) is 6.92 Å². The van der Waals surface area contributed by atoms with Crippen molar-refractivity contribution in [2.24, 2.45) is 5.73 Å². The Hall–Kier alpha value is -1.06. The quantitative estimate of drug-likeness (QED) is 0.901. The lowest BCUT2D eigenvalue weighted by atomic mass is 9.90. The molecule has 1 amide bonds. The van der Waals surface area contributed by atoms with Gasteiger partial charge in [-0.25, -0.2) is 0 Å². The molecule has 0 bridgehead atoms. The van der Waals surface area contributed by atoms with Crippen LogP contribution < -0.4 is 5.73 Å². The fraction of sp³-hybridized carbons (Fsp3) is 0.533. The second-order valence-corrected chi connectivity index (χ2v) is 5.70. The van der Waals surface area contributed by atoms with Crippen LogP contribution in [0.3, 0.4) is 0 Å². The summed E-state index contributed by atoms with van der Waals surface area (Å²) in [5.74, 6) is 0.296. The molecule has 19 heavy (non-hydrogen) atoms. The van der Waals surface area contributed by atoms with E-state index in [0.717, 1.165) is 32.4 Å². The monoisotopic (exact) mass is 280 g/mol. The molecule has 0 unspecified atom stereocenters. The van der Waals surface area contributed by atoms with E-state index in [-0.39, 0.29) is 23.9 Å². The molecule has 1 heterocycles. The lowest BCUT2D eigenvalue weighted by Gasteiger charge is -2.24. The second-order valence-electron chi connectivity index (χ2n) is 5.70. The molecule has 1 saturated carbocycles. The van der Waals surface area contributed by atoms with Gasteiger partial charge in [-0.05, 0) is 37.3 Å². The Kier molecular flexibility index (Phi) is 3.88. The molecule has 0 radical (unpaired) electrons. The topological polar surface area (TPSA) is 46.3 Å². The summed E-state index contributed by atoms with van der Waals surface area (Å²) in [5.41, 5.74) is 8.12. The third-order valence-electron chi connectivity index (χ3n) is 4.33. The molecule has 0 aromatic heterocycles. The second kappa shape index (κ2) is 5.14. The molecule has 1 saturated heterocycles. The maximum Gasteiger partial charge on any atom is 0.233 e. The average Bonchev–Trinajstić information content (AvgIpc) is 3.05. The summed E-state index contributed by atoms with van der Waals surface area (Å²) < 4.78 is 0. The maximum absolute atomic E-state index is 12.7. The van der Waals surface area contributed by atoms with Crippen molar-refractivity contribution in [3.8, 4) is 0 Å². The Morgan fingerprint density at radius 2 is 2.05 bits per heavy atom. The van der Waals surface area contributed by atoms with Gasteiger partial charge in [-0.1, -0.05) is 24.3 Å². The first-order chi connectivity index (χ1) is 8.63. The fourth-order valence-corrected chi connectivity index (χ4v) is 3.11. The van der Waals surface area contributed by atoms with Crippen molar-refractivity contribution in [2.45, 2.75) is 37.6 Å². The van der Waals surface area contributed by atoms with Gasteiger partial charge in [-0.3, -0.25) is 4.79 Å². The number of nitrogens with zero attached hydrogens (tertiary/aromatic N) is 1. The molecule has 3 nitrogen and oxygen atoms in total. The molecule has 1 atom stereocenters. The third-order valence-corrected chi connectivity index (χ3v) is 4.33.